The van der Waals surface area contributed by atoms with E-state index in [1.54, 1.807) is 48.5 Å². The molecule has 7 aromatic rings. The molecular weight excluding hydrogens is 1610 g/mol. The summed E-state index contributed by atoms with van der Waals surface area (Å²) in [6.45, 7) is 60.6. The molecule has 1 fully saturated rings. The van der Waals surface area contributed by atoms with E-state index in [4.69, 9.17) is 66.3 Å². The standard InChI is InChI=1S/C50H68O7.C35H46O4.2C12H26O4/c1-12-54-36(2)55-43-25-19-40(20-26-43)32-50(11,34-48(8,9)30-38-17-27-44(28-18-38)56-45(53)57-46(3,4)5)35-49(10,31-39-15-23-42(52)24-16-39)33-47(6,7)29-37-13-21-41(51)22-14-37;1-33(2,21-26-8-14-29(36)15-9-26)24-35(5,23-28-10-16-30(37)17-11-28)25-34(3,4)22-27-12-18-31(19-13-27)39-32-7-6-20-38-32;2*1-11(2)15-9-7-13-5-6-14-8-10-16-12(3)4/h13-28,36,51-52H,12,29-35H2,1-11H3;8-19,32,36-37H,6-7,20-25H2,1-5H3;2*11-12H,5-10H2,1-4H3. The first-order chi connectivity index (χ1) is 60.2. The molecule has 19 nitrogen and oxygen atoms in total. The van der Waals surface area contributed by atoms with E-state index < -0.39 is 11.8 Å². The van der Waals surface area contributed by atoms with Crippen molar-refractivity contribution >= 4 is 6.16 Å². The quantitative estimate of drug-likeness (QED) is 0.0120. The Hall–Kier alpha value is -7.79. The highest BCUT2D eigenvalue weighted by atomic mass is 16.7. The van der Waals surface area contributed by atoms with Crippen LogP contribution in [0.4, 0.5) is 4.79 Å². The van der Waals surface area contributed by atoms with E-state index in [-0.39, 0.29) is 86.4 Å². The molecule has 0 amide bonds. The van der Waals surface area contributed by atoms with Gasteiger partial charge in [0.15, 0.2) is 12.6 Å². The Labute approximate surface area is 771 Å². The molecule has 0 bridgehead atoms. The number of ether oxygens (including phenoxy) is 14. The summed E-state index contributed by atoms with van der Waals surface area (Å²) in [5, 5.41) is 39.7. The Kier molecular flexibility index (Phi) is 48.0. The maximum absolute atomic E-state index is 12.3. The summed E-state index contributed by atoms with van der Waals surface area (Å²) >= 11 is 0. The van der Waals surface area contributed by atoms with Gasteiger partial charge in [-0.05, 0) is 335 Å². The molecule has 1 aliphatic rings. The van der Waals surface area contributed by atoms with Crippen LogP contribution in [0.1, 0.15) is 250 Å². The molecule has 716 valence electrons. The number of hydrogen-bond donors (Lipinski definition) is 4. The molecule has 8 rings (SSSR count). The largest absolute Gasteiger partial charge is 0.514 e. The molecule has 0 aromatic heterocycles. The third-order valence-corrected chi connectivity index (χ3v) is 21.5. The average Bonchev–Trinajstić information content (AvgIpc) is 0.801. The maximum Gasteiger partial charge on any atom is 0.514 e. The van der Waals surface area contributed by atoms with Crippen molar-refractivity contribution in [3.05, 3.63) is 209 Å². The van der Waals surface area contributed by atoms with E-state index in [1.807, 2.05) is 151 Å². The normalized spacial score (nSPS) is 14.9. The van der Waals surface area contributed by atoms with E-state index in [1.165, 1.54) is 38.9 Å². The summed E-state index contributed by atoms with van der Waals surface area (Å²) in [5.74, 6) is 3.28. The van der Waals surface area contributed by atoms with Gasteiger partial charge in [0, 0.05) is 13.0 Å². The number of benzene rings is 7. The van der Waals surface area contributed by atoms with Crippen molar-refractivity contribution in [1.29, 1.82) is 0 Å². The van der Waals surface area contributed by atoms with Gasteiger partial charge in [-0.3, -0.25) is 0 Å². The third kappa shape index (κ3) is 50.0. The summed E-state index contributed by atoms with van der Waals surface area (Å²) in [4.78, 5) is 12.3. The SMILES string of the molecule is CC(C)(Cc1ccc(O)cc1)CC(C)(Cc1ccc(O)cc1)CC(C)(C)Cc1ccc(OC2CCCO2)cc1.CC(C)OCCOCCOCCOC(C)C.CC(C)OCCOCCOCCOC(C)C.CCOC(C)Oc1ccc(CC(C)(CC(C)(C)Cc2ccc(OC(=O)OC(C)(C)C)cc2)CC(C)(Cc2ccc(O)cc2)CC(C)(C)Cc2ccc(O)cc2)cc1. The fraction of sp³-hybridized carbons (Fsp3) is 0.606. The van der Waals surface area contributed by atoms with Crippen LogP contribution in [0, 0.1) is 37.9 Å². The summed E-state index contributed by atoms with van der Waals surface area (Å²) in [5.41, 5.74) is 7.85. The smallest absolute Gasteiger partial charge is 0.508 e. The van der Waals surface area contributed by atoms with Gasteiger partial charge in [-0.2, -0.15) is 0 Å². The predicted octanol–water partition coefficient (Wildman–Crippen LogP) is 24.9. The van der Waals surface area contributed by atoms with Crippen LogP contribution in [0.25, 0.3) is 0 Å². The molecule has 7 aromatic carbocycles. The van der Waals surface area contributed by atoms with Gasteiger partial charge in [-0.25, -0.2) is 4.79 Å². The zero-order valence-electron chi connectivity index (χ0n) is 82.8. The molecule has 0 radical (unpaired) electrons. The summed E-state index contributed by atoms with van der Waals surface area (Å²) in [6, 6.07) is 55.4. The highest BCUT2D eigenvalue weighted by Gasteiger charge is 2.43. The summed E-state index contributed by atoms with van der Waals surface area (Å²) in [6.07, 6.45) is 13.3. The Bertz CT molecular complexity index is 4030. The fourth-order valence-corrected chi connectivity index (χ4v) is 18.3. The monoisotopic (exact) mass is 1780 g/mol. The van der Waals surface area contributed by atoms with Crippen LogP contribution in [-0.2, 0) is 97.1 Å². The molecule has 5 unspecified atom stereocenters. The zero-order valence-corrected chi connectivity index (χ0v) is 82.8. The second-order valence-corrected chi connectivity index (χ2v) is 41.2. The second-order valence-electron chi connectivity index (χ2n) is 41.2. The Morgan fingerprint density at radius 2 is 0.594 bits per heavy atom. The Morgan fingerprint density at radius 1 is 0.336 bits per heavy atom. The Morgan fingerprint density at radius 3 is 0.859 bits per heavy atom. The highest BCUT2D eigenvalue weighted by Crippen LogP contribution is 2.52. The maximum atomic E-state index is 12.3. The first kappa shape index (κ1) is 111. The number of carbonyl (C=O) groups excluding carboxylic acids is 1. The lowest BCUT2D eigenvalue weighted by molar-refractivity contribution is -0.0613. The molecule has 0 aliphatic carbocycles. The lowest BCUT2D eigenvalue weighted by Gasteiger charge is -2.47. The van der Waals surface area contributed by atoms with E-state index in [0.29, 0.717) is 103 Å². The molecule has 1 saturated heterocycles. The number of carbonyl (C=O) groups is 1. The molecule has 1 aliphatic heterocycles. The van der Waals surface area contributed by atoms with Crippen LogP contribution >= 0.6 is 0 Å². The van der Waals surface area contributed by atoms with Gasteiger partial charge in [0.25, 0.3) is 0 Å². The topological polar surface area (TPSA) is 227 Å². The predicted molar refractivity (Wildman–Crippen MR) is 516 cm³/mol. The lowest BCUT2D eigenvalue weighted by Crippen LogP contribution is -2.38. The van der Waals surface area contributed by atoms with Crippen LogP contribution in [0.2, 0.25) is 0 Å². The number of rotatable bonds is 53. The first-order valence-corrected chi connectivity index (χ1v) is 46.8. The molecule has 4 N–H and O–H groups in total. The summed E-state index contributed by atoms with van der Waals surface area (Å²) in [7, 11) is 0. The van der Waals surface area contributed by atoms with E-state index >= 15 is 0 Å². The van der Waals surface area contributed by atoms with Gasteiger partial charge in [0.1, 0.15) is 45.8 Å². The first-order valence-electron chi connectivity index (χ1n) is 46.8. The third-order valence-electron chi connectivity index (χ3n) is 21.5. The minimum Gasteiger partial charge on any atom is -0.508 e. The van der Waals surface area contributed by atoms with Crippen LogP contribution in [0.5, 0.6) is 40.2 Å². The minimum atomic E-state index is -0.712. The van der Waals surface area contributed by atoms with Gasteiger partial charge < -0.3 is 86.7 Å². The molecule has 0 saturated carbocycles. The van der Waals surface area contributed by atoms with Gasteiger partial charge in [-0.15, -0.1) is 0 Å². The zero-order chi connectivity index (χ0) is 94.6. The average molecular weight is 1780 g/mol. The highest BCUT2D eigenvalue weighted by molar-refractivity contribution is 5.64. The van der Waals surface area contributed by atoms with Gasteiger partial charge in [-0.1, -0.05) is 161 Å². The summed E-state index contributed by atoms with van der Waals surface area (Å²) < 4.78 is 76.6. The van der Waals surface area contributed by atoms with Crippen molar-refractivity contribution in [2.24, 2.45) is 37.9 Å². The van der Waals surface area contributed by atoms with Crippen molar-refractivity contribution in [3.8, 4) is 40.2 Å². The van der Waals surface area contributed by atoms with Crippen LogP contribution in [0.15, 0.2) is 170 Å². The minimum absolute atomic E-state index is 0.0432. The van der Waals surface area contributed by atoms with Gasteiger partial charge in [0.2, 0.25) is 0 Å². The molecule has 5 atom stereocenters. The van der Waals surface area contributed by atoms with Crippen molar-refractivity contribution in [1.82, 2.24) is 0 Å². The van der Waals surface area contributed by atoms with E-state index in [0.717, 1.165) is 108 Å². The van der Waals surface area contributed by atoms with Crippen molar-refractivity contribution in [2.75, 3.05) is 92.5 Å². The van der Waals surface area contributed by atoms with Crippen molar-refractivity contribution in [3.63, 3.8) is 0 Å². The number of phenols is 4. The van der Waals surface area contributed by atoms with Crippen molar-refractivity contribution < 1.29 is 91.5 Å². The molecule has 128 heavy (non-hydrogen) atoms. The van der Waals surface area contributed by atoms with Crippen molar-refractivity contribution in [2.45, 2.75) is 299 Å². The lowest BCUT2D eigenvalue weighted by atomic mass is 9.58. The molecule has 19 heteroatoms. The van der Waals surface area contributed by atoms with Gasteiger partial charge in [0.05, 0.1) is 110 Å². The number of hydrogen-bond acceptors (Lipinski definition) is 19. The van der Waals surface area contributed by atoms with Gasteiger partial charge >= 0.3 is 6.16 Å². The fourth-order valence-electron chi connectivity index (χ4n) is 18.3. The Balaban J connectivity index is 0.000000349. The van der Waals surface area contributed by atoms with E-state index in [2.05, 4.69) is 137 Å². The molecule has 0 spiro atoms. The van der Waals surface area contributed by atoms with E-state index in [9.17, 15) is 25.2 Å². The number of phenolic OH excluding ortho intramolecular Hbond substituents is 4. The number of aromatic hydroxyl groups is 4. The molecule has 1 heterocycles. The second kappa shape index (κ2) is 55.5. The van der Waals surface area contributed by atoms with Crippen LogP contribution in [-0.4, -0.2) is 162 Å². The van der Waals surface area contributed by atoms with Crippen LogP contribution < -0.4 is 14.2 Å². The molecular formula is C109H166O19. The van der Waals surface area contributed by atoms with Crippen LogP contribution in [0.3, 0.4) is 0 Å².